The van der Waals surface area contributed by atoms with Crippen LogP contribution in [0.3, 0.4) is 0 Å². The van der Waals surface area contributed by atoms with Gasteiger partial charge in [0.15, 0.2) is 0 Å². The summed E-state index contributed by atoms with van der Waals surface area (Å²) in [5.41, 5.74) is 1.73. The fraction of sp³-hybridized carbons (Fsp3) is 0.222. The van der Waals surface area contributed by atoms with Gasteiger partial charge in [0.05, 0.1) is 17.6 Å². The van der Waals surface area contributed by atoms with Crippen LogP contribution in [0.15, 0.2) is 17.6 Å². The monoisotopic (exact) mass is 208 g/mol. The van der Waals surface area contributed by atoms with E-state index >= 15 is 0 Å². The molecule has 0 saturated heterocycles. The van der Waals surface area contributed by atoms with Crippen molar-refractivity contribution in [3.05, 3.63) is 22.7 Å². The topological polar surface area (TPSA) is 65.4 Å². The number of rotatable bonds is 2. The lowest BCUT2D eigenvalue weighted by Crippen LogP contribution is -1.79. The molecular formula is C9H12N4S. The van der Waals surface area contributed by atoms with Crippen LogP contribution < -0.4 is 0 Å². The zero-order chi connectivity index (χ0) is 10.4. The van der Waals surface area contributed by atoms with Gasteiger partial charge in [-0.05, 0) is 6.07 Å². The number of thiazole rings is 1. The molecule has 0 amide bonds. The largest absolute Gasteiger partial charge is 0.306 e. The maximum atomic E-state index is 6.98. The molecule has 2 N–H and O–H groups in total. The first-order chi connectivity index (χ1) is 6.90. The summed E-state index contributed by atoms with van der Waals surface area (Å²) in [6.07, 6.45) is 2.92. The van der Waals surface area contributed by atoms with Crippen molar-refractivity contribution in [1.82, 2.24) is 15.2 Å². The average Bonchev–Trinajstić information content (AvgIpc) is 2.91. The van der Waals surface area contributed by atoms with Crippen LogP contribution in [0.4, 0.5) is 0 Å². The van der Waals surface area contributed by atoms with Gasteiger partial charge in [0, 0.05) is 11.6 Å². The Kier molecular flexibility index (Phi) is 4.00. The molecule has 0 aliphatic carbocycles. The molecule has 0 aliphatic heterocycles. The van der Waals surface area contributed by atoms with E-state index in [1.807, 2.05) is 25.3 Å². The maximum absolute atomic E-state index is 6.98. The van der Waals surface area contributed by atoms with Crippen LogP contribution in [-0.4, -0.2) is 21.4 Å². The van der Waals surface area contributed by atoms with Gasteiger partial charge in [0.2, 0.25) is 0 Å². The molecule has 0 radical (unpaired) electrons. The Hall–Kier alpha value is -1.49. The second-order valence-corrected chi connectivity index (χ2v) is 3.08. The molecule has 0 fully saturated rings. The first-order valence-electron chi connectivity index (χ1n) is 4.36. The van der Waals surface area contributed by atoms with Crippen LogP contribution in [0.25, 0.3) is 11.4 Å². The van der Waals surface area contributed by atoms with Crippen LogP contribution in [0.2, 0.25) is 0 Å². The highest BCUT2D eigenvalue weighted by Crippen LogP contribution is 2.17. The number of nitrogens with one attached hydrogen (secondary N) is 2. The smallest absolute Gasteiger partial charge is 0.134 e. The van der Waals surface area contributed by atoms with Crippen LogP contribution >= 0.6 is 11.3 Å². The van der Waals surface area contributed by atoms with Crippen LogP contribution in [0.1, 0.15) is 18.9 Å². The molecular weight excluding hydrogens is 196 g/mol. The van der Waals surface area contributed by atoms with Crippen LogP contribution in [-0.2, 0) is 0 Å². The van der Waals surface area contributed by atoms with Crippen LogP contribution in [0.5, 0.6) is 0 Å². The van der Waals surface area contributed by atoms with Gasteiger partial charge in [0.25, 0.3) is 0 Å². The Bertz CT molecular complexity index is 377. The van der Waals surface area contributed by atoms with Crippen molar-refractivity contribution in [3.8, 4) is 11.4 Å². The lowest BCUT2D eigenvalue weighted by Gasteiger charge is -1.85. The number of nitrogens with zero attached hydrogens (tertiary/aromatic N) is 2. The Labute approximate surface area is 86.5 Å². The van der Waals surface area contributed by atoms with Crippen molar-refractivity contribution in [2.24, 2.45) is 0 Å². The quantitative estimate of drug-likeness (QED) is 0.745. The fourth-order valence-corrected chi connectivity index (χ4v) is 1.51. The predicted octanol–water partition coefficient (Wildman–Crippen LogP) is 2.56. The van der Waals surface area contributed by atoms with Crippen molar-refractivity contribution in [3.63, 3.8) is 0 Å². The van der Waals surface area contributed by atoms with Crippen molar-refractivity contribution in [2.75, 3.05) is 0 Å². The summed E-state index contributed by atoms with van der Waals surface area (Å²) in [5, 5.41) is 16.2. The molecule has 0 aliphatic rings. The van der Waals surface area contributed by atoms with Crippen LogP contribution in [0, 0.1) is 5.41 Å². The predicted molar refractivity (Wildman–Crippen MR) is 58.9 cm³/mol. The molecule has 2 rings (SSSR count). The normalized spacial score (nSPS) is 9.00. The minimum Gasteiger partial charge on any atom is -0.306 e. The third kappa shape index (κ3) is 2.26. The molecule has 0 saturated carbocycles. The van der Waals surface area contributed by atoms with Gasteiger partial charge in [-0.1, -0.05) is 13.8 Å². The molecule has 2 aromatic rings. The number of aromatic amines is 1. The minimum atomic E-state index is 0.708. The summed E-state index contributed by atoms with van der Waals surface area (Å²) >= 11 is 1.45. The van der Waals surface area contributed by atoms with E-state index in [1.165, 1.54) is 17.6 Å². The standard InChI is InChI=1S/C7H6N4S.C2H6/c8-3-7-10-6(4-12-7)5-1-2-9-11-5;1-2/h1-4,8H,(H,9,11);1-2H3. The lowest BCUT2D eigenvalue weighted by molar-refractivity contribution is 1.09. The van der Waals surface area contributed by atoms with E-state index in [2.05, 4.69) is 15.2 Å². The highest BCUT2D eigenvalue weighted by atomic mass is 32.1. The van der Waals surface area contributed by atoms with Gasteiger partial charge in [-0.15, -0.1) is 11.3 Å². The summed E-state index contributed by atoms with van der Waals surface area (Å²) in [6.45, 7) is 4.00. The molecule has 5 heteroatoms. The molecule has 0 unspecified atom stereocenters. The molecule has 0 bridgehead atoms. The number of H-pyrrole nitrogens is 1. The van der Waals surface area contributed by atoms with E-state index in [9.17, 15) is 0 Å². The van der Waals surface area contributed by atoms with E-state index in [0.29, 0.717) is 5.01 Å². The third-order valence-corrected chi connectivity index (χ3v) is 2.21. The van der Waals surface area contributed by atoms with Gasteiger partial charge >= 0.3 is 0 Å². The first-order valence-corrected chi connectivity index (χ1v) is 5.24. The molecule has 0 atom stereocenters. The number of hydrogen-bond acceptors (Lipinski definition) is 4. The average molecular weight is 208 g/mol. The van der Waals surface area contributed by atoms with E-state index in [4.69, 9.17) is 5.41 Å². The second kappa shape index (κ2) is 5.29. The van der Waals surface area contributed by atoms with Gasteiger partial charge in [-0.25, -0.2) is 4.98 Å². The van der Waals surface area contributed by atoms with Crippen molar-refractivity contribution < 1.29 is 0 Å². The highest BCUT2D eigenvalue weighted by Gasteiger charge is 2.02. The summed E-state index contributed by atoms with van der Waals surface area (Å²) in [5.74, 6) is 0. The minimum absolute atomic E-state index is 0.708. The molecule has 2 aromatic heterocycles. The van der Waals surface area contributed by atoms with E-state index in [-0.39, 0.29) is 0 Å². The molecule has 0 spiro atoms. The zero-order valence-electron chi connectivity index (χ0n) is 8.11. The van der Waals surface area contributed by atoms with Crippen molar-refractivity contribution >= 4 is 17.6 Å². The molecule has 2 heterocycles. The Morgan fingerprint density at radius 2 is 2.29 bits per heavy atom. The van der Waals surface area contributed by atoms with Gasteiger partial charge in [-0.3, -0.25) is 5.10 Å². The van der Waals surface area contributed by atoms with E-state index < -0.39 is 0 Å². The summed E-state index contributed by atoms with van der Waals surface area (Å²) in [4.78, 5) is 4.18. The lowest BCUT2D eigenvalue weighted by atomic mass is 10.3. The zero-order valence-corrected chi connectivity index (χ0v) is 8.93. The molecule has 4 nitrogen and oxygen atoms in total. The first kappa shape index (κ1) is 10.6. The third-order valence-electron chi connectivity index (χ3n) is 1.42. The summed E-state index contributed by atoms with van der Waals surface area (Å²) in [6, 6.07) is 1.85. The SMILES string of the molecule is CC.N=Cc1nc(-c2ccn[nH]2)cs1. The number of hydrogen-bond donors (Lipinski definition) is 2. The van der Waals surface area contributed by atoms with Gasteiger partial charge in [-0.2, -0.15) is 5.10 Å². The Morgan fingerprint density at radius 3 is 2.79 bits per heavy atom. The summed E-state index contributed by atoms with van der Waals surface area (Å²) in [7, 11) is 0. The molecule has 74 valence electrons. The number of aromatic nitrogens is 3. The molecule has 14 heavy (non-hydrogen) atoms. The van der Waals surface area contributed by atoms with Gasteiger partial charge < -0.3 is 5.41 Å². The van der Waals surface area contributed by atoms with E-state index in [1.54, 1.807) is 6.20 Å². The van der Waals surface area contributed by atoms with Crippen molar-refractivity contribution in [2.45, 2.75) is 13.8 Å². The molecule has 0 aromatic carbocycles. The fourth-order valence-electron chi connectivity index (χ4n) is 0.876. The van der Waals surface area contributed by atoms with Crippen molar-refractivity contribution in [1.29, 1.82) is 5.41 Å². The van der Waals surface area contributed by atoms with Gasteiger partial charge in [0.1, 0.15) is 5.01 Å². The summed E-state index contributed by atoms with van der Waals surface area (Å²) < 4.78 is 0. The maximum Gasteiger partial charge on any atom is 0.134 e. The Balaban J connectivity index is 0.000000461. The van der Waals surface area contributed by atoms with E-state index in [0.717, 1.165) is 11.4 Å². The highest BCUT2D eigenvalue weighted by molar-refractivity contribution is 7.11. The second-order valence-electron chi connectivity index (χ2n) is 2.19. The Morgan fingerprint density at radius 1 is 1.50 bits per heavy atom.